The third-order valence-corrected chi connectivity index (χ3v) is 3.38. The van der Waals surface area contributed by atoms with Gasteiger partial charge in [0.25, 0.3) is 5.91 Å². The second-order valence-corrected chi connectivity index (χ2v) is 5.32. The highest BCUT2D eigenvalue weighted by molar-refractivity contribution is 6.30. The summed E-state index contributed by atoms with van der Waals surface area (Å²) in [5.74, 6) is -1.04. The molecule has 24 heavy (non-hydrogen) atoms. The number of hydrogen-bond acceptors (Lipinski definition) is 4. The molecule has 2 aromatic rings. The number of ether oxygens (including phenoxy) is 1. The van der Waals surface area contributed by atoms with Crippen LogP contribution in [0, 0.1) is 0 Å². The number of rotatable bonds is 6. The van der Waals surface area contributed by atoms with Crippen molar-refractivity contribution >= 4 is 29.2 Å². The fourth-order valence-electron chi connectivity index (χ4n) is 1.90. The van der Waals surface area contributed by atoms with Crippen molar-refractivity contribution in [1.29, 1.82) is 0 Å². The Balaban J connectivity index is 2.10. The van der Waals surface area contributed by atoms with Crippen LogP contribution >= 0.6 is 11.6 Å². The van der Waals surface area contributed by atoms with Crippen LogP contribution < -0.4 is 10.6 Å². The molecule has 0 saturated heterocycles. The molecule has 0 bridgehead atoms. The number of halogens is 1. The van der Waals surface area contributed by atoms with Gasteiger partial charge in [-0.1, -0.05) is 41.9 Å². The van der Waals surface area contributed by atoms with Gasteiger partial charge in [0, 0.05) is 17.3 Å². The molecule has 0 saturated carbocycles. The maximum absolute atomic E-state index is 12.4. The fraction of sp³-hybridized carbons (Fsp3) is 0.111. The Morgan fingerprint density at radius 2 is 1.75 bits per heavy atom. The standard InChI is InChI=1S/C18H17ClN2O3/c1-24-17(22)11-16(21-15-9-7-14(19)8-10-15)18(23)20-12-13-5-3-2-4-6-13/h2-11,21H,12H2,1H3,(H,20,23)/b16-11-. The number of anilines is 1. The van der Waals surface area contributed by atoms with E-state index in [2.05, 4.69) is 15.4 Å². The molecule has 0 aliphatic carbocycles. The first-order valence-electron chi connectivity index (χ1n) is 7.23. The minimum atomic E-state index is -0.624. The summed E-state index contributed by atoms with van der Waals surface area (Å²) in [6.07, 6.45) is 1.11. The van der Waals surface area contributed by atoms with Gasteiger partial charge in [-0.05, 0) is 29.8 Å². The van der Waals surface area contributed by atoms with Gasteiger partial charge < -0.3 is 15.4 Å². The molecule has 2 N–H and O–H groups in total. The van der Waals surface area contributed by atoms with Crippen LogP contribution in [0.2, 0.25) is 5.02 Å². The lowest BCUT2D eigenvalue weighted by atomic mass is 10.2. The van der Waals surface area contributed by atoms with E-state index in [1.165, 1.54) is 7.11 Å². The van der Waals surface area contributed by atoms with Crippen LogP contribution in [0.4, 0.5) is 5.69 Å². The molecule has 5 nitrogen and oxygen atoms in total. The summed E-state index contributed by atoms with van der Waals surface area (Å²) in [6, 6.07) is 16.2. The second kappa shape index (κ2) is 8.74. The Kier molecular flexibility index (Phi) is 6.40. The monoisotopic (exact) mass is 344 g/mol. The topological polar surface area (TPSA) is 67.4 Å². The van der Waals surface area contributed by atoms with E-state index in [1.807, 2.05) is 30.3 Å². The van der Waals surface area contributed by atoms with E-state index in [0.29, 0.717) is 17.3 Å². The number of methoxy groups -OCH3 is 1. The molecule has 0 fully saturated rings. The van der Waals surface area contributed by atoms with Crippen molar-refractivity contribution in [2.24, 2.45) is 0 Å². The van der Waals surface area contributed by atoms with E-state index in [-0.39, 0.29) is 5.70 Å². The lowest BCUT2D eigenvalue weighted by Gasteiger charge is -2.12. The van der Waals surface area contributed by atoms with Gasteiger partial charge in [0.05, 0.1) is 13.2 Å². The Labute approximate surface area is 145 Å². The van der Waals surface area contributed by atoms with Crippen molar-refractivity contribution in [3.05, 3.63) is 77.0 Å². The molecule has 0 radical (unpaired) electrons. The number of nitrogens with one attached hydrogen (secondary N) is 2. The molecule has 0 spiro atoms. The average molecular weight is 345 g/mol. The van der Waals surface area contributed by atoms with E-state index in [9.17, 15) is 9.59 Å². The van der Waals surface area contributed by atoms with Crippen molar-refractivity contribution in [2.45, 2.75) is 6.54 Å². The molecule has 0 atom stereocenters. The van der Waals surface area contributed by atoms with Crippen molar-refractivity contribution < 1.29 is 14.3 Å². The molecular weight excluding hydrogens is 328 g/mol. The highest BCUT2D eigenvalue weighted by atomic mass is 35.5. The van der Waals surface area contributed by atoms with Crippen molar-refractivity contribution in [2.75, 3.05) is 12.4 Å². The molecule has 0 heterocycles. The van der Waals surface area contributed by atoms with Gasteiger partial charge in [-0.15, -0.1) is 0 Å². The second-order valence-electron chi connectivity index (χ2n) is 4.88. The molecule has 2 rings (SSSR count). The maximum atomic E-state index is 12.4. The van der Waals surface area contributed by atoms with E-state index in [0.717, 1.165) is 11.6 Å². The molecule has 2 aromatic carbocycles. The highest BCUT2D eigenvalue weighted by Gasteiger charge is 2.12. The minimum Gasteiger partial charge on any atom is -0.466 e. The molecule has 0 aliphatic rings. The van der Waals surface area contributed by atoms with Gasteiger partial charge in [-0.2, -0.15) is 0 Å². The van der Waals surface area contributed by atoms with Crippen molar-refractivity contribution in [3.63, 3.8) is 0 Å². The first-order valence-corrected chi connectivity index (χ1v) is 7.60. The molecule has 1 amide bonds. The SMILES string of the molecule is COC(=O)/C=C(\Nc1ccc(Cl)cc1)C(=O)NCc1ccccc1. The molecular formula is C18H17ClN2O3. The van der Waals surface area contributed by atoms with Crippen LogP contribution in [-0.4, -0.2) is 19.0 Å². The number of carbonyl (C=O) groups excluding carboxylic acids is 2. The third kappa shape index (κ3) is 5.44. The largest absolute Gasteiger partial charge is 0.466 e. The molecule has 6 heteroatoms. The van der Waals surface area contributed by atoms with Crippen LogP contribution in [0.5, 0.6) is 0 Å². The summed E-state index contributed by atoms with van der Waals surface area (Å²) in [6.45, 7) is 0.348. The highest BCUT2D eigenvalue weighted by Crippen LogP contribution is 2.15. The Morgan fingerprint density at radius 3 is 2.38 bits per heavy atom. The predicted octanol–water partition coefficient (Wildman–Crippen LogP) is 3.13. The van der Waals surface area contributed by atoms with Crippen LogP contribution in [0.1, 0.15) is 5.56 Å². The lowest BCUT2D eigenvalue weighted by molar-refractivity contribution is -0.135. The zero-order valence-electron chi connectivity index (χ0n) is 13.1. The lowest BCUT2D eigenvalue weighted by Crippen LogP contribution is -2.28. The number of esters is 1. The molecule has 0 aliphatic heterocycles. The zero-order chi connectivity index (χ0) is 17.4. The Morgan fingerprint density at radius 1 is 1.08 bits per heavy atom. The van der Waals surface area contributed by atoms with Crippen LogP contribution in [0.15, 0.2) is 66.4 Å². The Hall–Kier alpha value is -2.79. The summed E-state index contributed by atoms with van der Waals surface area (Å²) in [5, 5.41) is 6.23. The summed E-state index contributed by atoms with van der Waals surface area (Å²) in [7, 11) is 1.25. The predicted molar refractivity (Wildman–Crippen MR) is 93.5 cm³/mol. The van der Waals surface area contributed by atoms with Crippen LogP contribution in [0.25, 0.3) is 0 Å². The summed E-state index contributed by atoms with van der Waals surface area (Å²) >= 11 is 5.84. The summed E-state index contributed by atoms with van der Waals surface area (Å²) in [5.41, 5.74) is 1.67. The van der Waals surface area contributed by atoms with Gasteiger partial charge in [0.1, 0.15) is 5.70 Å². The van der Waals surface area contributed by atoms with Gasteiger partial charge >= 0.3 is 5.97 Å². The smallest absolute Gasteiger partial charge is 0.332 e. The average Bonchev–Trinajstić information content (AvgIpc) is 2.61. The van der Waals surface area contributed by atoms with Crippen LogP contribution in [-0.2, 0) is 20.9 Å². The molecule has 124 valence electrons. The number of hydrogen-bond donors (Lipinski definition) is 2. The van der Waals surface area contributed by atoms with Crippen LogP contribution in [0.3, 0.4) is 0 Å². The first kappa shape index (κ1) is 17.6. The van der Waals surface area contributed by atoms with Crippen molar-refractivity contribution in [1.82, 2.24) is 5.32 Å². The fourth-order valence-corrected chi connectivity index (χ4v) is 2.02. The first-order chi connectivity index (χ1) is 11.6. The van der Waals surface area contributed by atoms with Gasteiger partial charge in [-0.25, -0.2) is 4.79 Å². The Bertz CT molecular complexity index is 728. The van der Waals surface area contributed by atoms with Gasteiger partial charge in [-0.3, -0.25) is 4.79 Å². The van der Waals surface area contributed by atoms with E-state index >= 15 is 0 Å². The van der Waals surface area contributed by atoms with Gasteiger partial charge in [0.15, 0.2) is 0 Å². The number of carbonyl (C=O) groups is 2. The van der Waals surface area contributed by atoms with Crippen molar-refractivity contribution in [3.8, 4) is 0 Å². The minimum absolute atomic E-state index is 0.0834. The number of benzene rings is 2. The number of amides is 1. The molecule has 0 unspecified atom stereocenters. The zero-order valence-corrected chi connectivity index (χ0v) is 13.8. The normalized spacial score (nSPS) is 10.8. The molecule has 0 aromatic heterocycles. The van der Waals surface area contributed by atoms with E-state index in [1.54, 1.807) is 24.3 Å². The third-order valence-electron chi connectivity index (χ3n) is 3.13. The van der Waals surface area contributed by atoms with E-state index in [4.69, 9.17) is 11.6 Å². The van der Waals surface area contributed by atoms with E-state index < -0.39 is 11.9 Å². The quantitative estimate of drug-likeness (QED) is 0.624. The summed E-state index contributed by atoms with van der Waals surface area (Å²) in [4.78, 5) is 23.9. The van der Waals surface area contributed by atoms with Gasteiger partial charge in [0.2, 0.25) is 0 Å². The maximum Gasteiger partial charge on any atom is 0.332 e. The summed E-state index contributed by atoms with van der Waals surface area (Å²) < 4.78 is 4.59.